The molecule has 0 aliphatic rings. The molecule has 2 rings (SSSR count). The first-order valence-corrected chi connectivity index (χ1v) is 7.49. The minimum atomic E-state index is -3.89. The number of aromatic amines is 1. The first-order valence-electron chi connectivity index (χ1n) is 6.01. The van der Waals surface area contributed by atoms with E-state index in [-0.39, 0.29) is 22.1 Å². The molecule has 0 aromatic carbocycles. The number of hydrogen-bond acceptors (Lipinski definition) is 5. The molecule has 0 atom stereocenters. The van der Waals surface area contributed by atoms with Crippen molar-refractivity contribution < 1.29 is 18.3 Å². The van der Waals surface area contributed by atoms with Gasteiger partial charge in [-0.3, -0.25) is 19.3 Å². The van der Waals surface area contributed by atoms with Gasteiger partial charge in [0.15, 0.2) is 5.82 Å². The van der Waals surface area contributed by atoms with E-state index in [1.807, 2.05) is 0 Å². The molecule has 10 heteroatoms. The molecule has 0 amide bonds. The zero-order valence-corrected chi connectivity index (χ0v) is 12.5. The Morgan fingerprint density at radius 3 is 2.62 bits per heavy atom. The summed E-state index contributed by atoms with van der Waals surface area (Å²) in [6.07, 6.45) is 0. The van der Waals surface area contributed by atoms with Gasteiger partial charge in [0, 0.05) is 11.8 Å². The summed E-state index contributed by atoms with van der Waals surface area (Å²) in [5, 5.41) is 19.2. The van der Waals surface area contributed by atoms with Gasteiger partial charge in [-0.25, -0.2) is 8.42 Å². The highest BCUT2D eigenvalue weighted by Crippen LogP contribution is 2.22. The van der Waals surface area contributed by atoms with Crippen LogP contribution in [0.1, 0.15) is 17.1 Å². The van der Waals surface area contributed by atoms with E-state index in [9.17, 15) is 13.2 Å². The number of nitrogens with one attached hydrogen (secondary N) is 2. The quantitative estimate of drug-likeness (QED) is 0.733. The van der Waals surface area contributed by atoms with Crippen molar-refractivity contribution in [2.75, 3.05) is 4.72 Å². The normalized spacial score (nSPS) is 11.6. The molecule has 114 valence electrons. The summed E-state index contributed by atoms with van der Waals surface area (Å²) in [5.41, 5.74) is 1.20. The molecule has 0 saturated carbocycles. The molecular formula is C11H15N5O4S. The van der Waals surface area contributed by atoms with E-state index >= 15 is 0 Å². The smallest absolute Gasteiger partial charge is 0.325 e. The predicted molar refractivity (Wildman–Crippen MR) is 73.5 cm³/mol. The molecule has 0 spiro atoms. The second-order valence-electron chi connectivity index (χ2n) is 4.59. The molecule has 0 unspecified atom stereocenters. The molecule has 2 heterocycles. The Kier molecular flexibility index (Phi) is 3.73. The van der Waals surface area contributed by atoms with Gasteiger partial charge in [0.1, 0.15) is 11.4 Å². The average Bonchev–Trinajstić information content (AvgIpc) is 2.82. The van der Waals surface area contributed by atoms with Crippen LogP contribution in [0.2, 0.25) is 0 Å². The van der Waals surface area contributed by atoms with E-state index in [0.717, 1.165) is 4.68 Å². The van der Waals surface area contributed by atoms with Crippen molar-refractivity contribution in [2.24, 2.45) is 0 Å². The highest BCUT2D eigenvalue weighted by atomic mass is 32.2. The number of aryl methyl sites for hydroxylation is 2. The van der Waals surface area contributed by atoms with Crippen molar-refractivity contribution in [1.29, 1.82) is 0 Å². The zero-order chi connectivity index (χ0) is 15.8. The van der Waals surface area contributed by atoms with Gasteiger partial charge < -0.3 is 5.11 Å². The Labute approximate surface area is 121 Å². The molecule has 0 fully saturated rings. The minimum Gasteiger partial charge on any atom is -0.480 e. The summed E-state index contributed by atoms with van der Waals surface area (Å²) in [4.78, 5) is 10.7. The maximum atomic E-state index is 12.4. The Hall–Kier alpha value is -2.36. The second kappa shape index (κ2) is 5.20. The van der Waals surface area contributed by atoms with E-state index in [0.29, 0.717) is 5.69 Å². The number of carboxylic acid groups (broad SMARTS) is 1. The van der Waals surface area contributed by atoms with Crippen LogP contribution in [-0.2, 0) is 21.4 Å². The highest BCUT2D eigenvalue weighted by Gasteiger charge is 2.26. The number of aliphatic carboxylic acids is 1. The monoisotopic (exact) mass is 313 g/mol. The van der Waals surface area contributed by atoms with Crippen LogP contribution in [0.3, 0.4) is 0 Å². The number of nitrogens with zero attached hydrogens (tertiary/aromatic N) is 3. The van der Waals surface area contributed by atoms with Gasteiger partial charge in [0.2, 0.25) is 0 Å². The van der Waals surface area contributed by atoms with Gasteiger partial charge in [-0.05, 0) is 20.8 Å². The number of carbonyl (C=O) groups is 1. The Bertz CT molecular complexity index is 790. The van der Waals surface area contributed by atoms with Crippen LogP contribution in [0.5, 0.6) is 0 Å². The van der Waals surface area contributed by atoms with Gasteiger partial charge in [0.25, 0.3) is 10.0 Å². The maximum Gasteiger partial charge on any atom is 0.325 e. The summed E-state index contributed by atoms with van der Waals surface area (Å²) in [6.45, 7) is 4.36. The van der Waals surface area contributed by atoms with E-state index in [1.165, 1.54) is 13.8 Å². The Morgan fingerprint density at radius 2 is 2.10 bits per heavy atom. The predicted octanol–water partition coefficient (Wildman–Crippen LogP) is 0.417. The Morgan fingerprint density at radius 1 is 1.43 bits per heavy atom. The van der Waals surface area contributed by atoms with Crippen molar-refractivity contribution in [1.82, 2.24) is 20.0 Å². The summed E-state index contributed by atoms with van der Waals surface area (Å²) >= 11 is 0. The topological polar surface area (TPSA) is 130 Å². The van der Waals surface area contributed by atoms with Gasteiger partial charge in [-0.1, -0.05) is 0 Å². The molecule has 2 aromatic rings. The first kappa shape index (κ1) is 15.0. The molecule has 0 bridgehead atoms. The zero-order valence-electron chi connectivity index (χ0n) is 11.7. The summed E-state index contributed by atoms with van der Waals surface area (Å²) in [5.74, 6) is -0.933. The Balaban J connectivity index is 2.40. The molecule has 0 saturated heterocycles. The van der Waals surface area contributed by atoms with Crippen LogP contribution in [0.15, 0.2) is 11.0 Å². The van der Waals surface area contributed by atoms with Crippen molar-refractivity contribution >= 4 is 21.8 Å². The van der Waals surface area contributed by atoms with Crippen molar-refractivity contribution in [3.63, 3.8) is 0 Å². The fourth-order valence-corrected chi connectivity index (χ4v) is 3.42. The highest BCUT2D eigenvalue weighted by molar-refractivity contribution is 7.92. The SMILES string of the molecule is Cc1cc(NS(=O)(=O)c2c(C)nn(CC(=O)O)c2C)n[nH]1. The largest absolute Gasteiger partial charge is 0.480 e. The van der Waals surface area contributed by atoms with Crippen molar-refractivity contribution in [3.05, 3.63) is 23.1 Å². The van der Waals surface area contributed by atoms with Crippen LogP contribution >= 0.6 is 0 Å². The van der Waals surface area contributed by atoms with E-state index in [1.54, 1.807) is 13.0 Å². The average molecular weight is 313 g/mol. The summed E-state index contributed by atoms with van der Waals surface area (Å²) in [7, 11) is -3.89. The van der Waals surface area contributed by atoms with Crippen LogP contribution in [0.4, 0.5) is 5.82 Å². The molecule has 0 aliphatic heterocycles. The molecule has 0 radical (unpaired) electrons. The number of hydrogen-bond donors (Lipinski definition) is 3. The van der Waals surface area contributed by atoms with Gasteiger partial charge in [-0.2, -0.15) is 10.2 Å². The van der Waals surface area contributed by atoms with Crippen LogP contribution in [0.25, 0.3) is 0 Å². The third-order valence-corrected chi connectivity index (χ3v) is 4.42. The lowest BCUT2D eigenvalue weighted by molar-refractivity contribution is -0.137. The fourth-order valence-electron chi connectivity index (χ4n) is 2.01. The van der Waals surface area contributed by atoms with Crippen LogP contribution in [0, 0.1) is 20.8 Å². The third kappa shape index (κ3) is 3.05. The molecule has 3 N–H and O–H groups in total. The number of sulfonamides is 1. The standard InChI is InChI=1S/C11H15N5O4S/c1-6-4-9(13-12-6)15-21(19,20)11-7(2)14-16(8(11)3)5-10(17)18/h4H,5H2,1-3H3,(H,17,18)(H2,12,13,15). The first-order chi connectivity index (χ1) is 9.70. The number of rotatable bonds is 5. The van der Waals surface area contributed by atoms with Crippen molar-refractivity contribution in [3.8, 4) is 0 Å². The number of aromatic nitrogens is 4. The molecule has 9 nitrogen and oxygen atoms in total. The number of anilines is 1. The van der Waals surface area contributed by atoms with Crippen LogP contribution in [-0.4, -0.2) is 39.5 Å². The van der Waals surface area contributed by atoms with E-state index in [4.69, 9.17) is 5.11 Å². The lowest BCUT2D eigenvalue weighted by atomic mass is 10.4. The van der Waals surface area contributed by atoms with Gasteiger partial charge in [0.05, 0.1) is 11.4 Å². The van der Waals surface area contributed by atoms with Gasteiger partial charge in [-0.15, -0.1) is 0 Å². The number of H-pyrrole nitrogens is 1. The second-order valence-corrected chi connectivity index (χ2v) is 6.21. The number of carboxylic acids is 1. The lowest BCUT2D eigenvalue weighted by Gasteiger charge is -2.06. The maximum absolute atomic E-state index is 12.4. The lowest BCUT2D eigenvalue weighted by Crippen LogP contribution is -2.16. The van der Waals surface area contributed by atoms with E-state index < -0.39 is 22.5 Å². The fraction of sp³-hybridized carbons (Fsp3) is 0.364. The van der Waals surface area contributed by atoms with E-state index in [2.05, 4.69) is 20.0 Å². The summed E-state index contributed by atoms with van der Waals surface area (Å²) in [6, 6.07) is 1.55. The molecule has 2 aromatic heterocycles. The molecule has 21 heavy (non-hydrogen) atoms. The van der Waals surface area contributed by atoms with Gasteiger partial charge >= 0.3 is 5.97 Å². The third-order valence-electron chi connectivity index (χ3n) is 2.81. The minimum absolute atomic E-state index is 0.0376. The molecule has 0 aliphatic carbocycles. The van der Waals surface area contributed by atoms with Crippen LogP contribution < -0.4 is 4.72 Å². The van der Waals surface area contributed by atoms with Crippen molar-refractivity contribution in [2.45, 2.75) is 32.2 Å². The summed E-state index contributed by atoms with van der Waals surface area (Å²) < 4.78 is 28.2. The molecular weight excluding hydrogens is 298 g/mol.